The SMILES string of the molecule is C=C(C(=P)/C=C\N(C)c1ccccc1Oc1ccccc1)/C(C)=C/C=NC.Cc1ccccc1. The molecule has 0 saturated heterocycles. The van der Waals surface area contributed by atoms with Gasteiger partial charge in [-0.1, -0.05) is 72.8 Å². The van der Waals surface area contributed by atoms with E-state index in [2.05, 4.69) is 39.5 Å². The largest absolute Gasteiger partial charge is 0.455 e. The first-order valence-electron chi connectivity index (χ1n) is 11.0. The Balaban J connectivity index is 0.000000497. The Labute approximate surface area is 206 Å². The molecule has 174 valence electrons. The molecule has 3 aromatic rings. The fraction of sp³-hybridized carbons (Fsp3) is 0.133. The molecule has 0 amide bonds. The second-order valence-electron chi connectivity index (χ2n) is 7.61. The third kappa shape index (κ3) is 9.05. The van der Waals surface area contributed by atoms with E-state index in [9.17, 15) is 0 Å². The Morgan fingerprint density at radius 2 is 1.53 bits per heavy atom. The summed E-state index contributed by atoms with van der Waals surface area (Å²) in [5, 5.41) is 0.904. The molecular weight excluding hydrogens is 435 g/mol. The Kier molecular flexibility index (Phi) is 11.3. The van der Waals surface area contributed by atoms with E-state index in [-0.39, 0.29) is 0 Å². The van der Waals surface area contributed by atoms with E-state index in [1.807, 2.05) is 110 Å². The minimum absolute atomic E-state index is 0.792. The molecule has 3 aromatic carbocycles. The number of hydrogen-bond acceptors (Lipinski definition) is 3. The van der Waals surface area contributed by atoms with E-state index in [1.54, 1.807) is 13.3 Å². The summed E-state index contributed by atoms with van der Waals surface area (Å²) in [6, 6.07) is 28.0. The van der Waals surface area contributed by atoms with Gasteiger partial charge in [0.05, 0.1) is 5.69 Å². The van der Waals surface area contributed by atoms with Crippen molar-refractivity contribution in [3.05, 3.63) is 127 Å². The van der Waals surface area contributed by atoms with Crippen LogP contribution in [0.4, 0.5) is 5.69 Å². The van der Waals surface area contributed by atoms with Gasteiger partial charge in [0, 0.05) is 31.8 Å². The van der Waals surface area contributed by atoms with Crippen LogP contribution >= 0.6 is 8.86 Å². The Hall–Kier alpha value is -3.68. The third-order valence-corrected chi connectivity index (χ3v) is 5.36. The molecule has 0 aliphatic heterocycles. The molecule has 0 bridgehead atoms. The molecule has 4 heteroatoms. The summed E-state index contributed by atoms with van der Waals surface area (Å²) in [4.78, 5) is 5.98. The second kappa shape index (κ2) is 14.5. The summed E-state index contributed by atoms with van der Waals surface area (Å²) in [6.07, 6.45) is 7.64. The van der Waals surface area contributed by atoms with Gasteiger partial charge in [0.25, 0.3) is 0 Å². The highest BCUT2D eigenvalue weighted by Crippen LogP contribution is 2.31. The first-order valence-corrected chi connectivity index (χ1v) is 11.5. The number of ether oxygens (including phenoxy) is 1. The van der Waals surface area contributed by atoms with E-state index in [0.29, 0.717) is 0 Å². The van der Waals surface area contributed by atoms with Crippen molar-refractivity contribution in [2.45, 2.75) is 13.8 Å². The van der Waals surface area contributed by atoms with Gasteiger partial charge in [0.15, 0.2) is 5.75 Å². The summed E-state index contributed by atoms with van der Waals surface area (Å²) < 4.78 is 6.03. The molecule has 3 nitrogen and oxygen atoms in total. The molecule has 0 aromatic heterocycles. The number of nitrogens with zero attached hydrogens (tertiary/aromatic N) is 2. The van der Waals surface area contributed by atoms with Crippen molar-refractivity contribution in [1.29, 1.82) is 0 Å². The van der Waals surface area contributed by atoms with Gasteiger partial charge in [-0.05, 0) is 61.4 Å². The maximum absolute atomic E-state index is 6.03. The Bertz CT molecular complexity index is 1150. The maximum Gasteiger partial charge on any atom is 0.151 e. The van der Waals surface area contributed by atoms with Crippen LogP contribution in [0.1, 0.15) is 12.5 Å². The van der Waals surface area contributed by atoms with E-state index in [1.165, 1.54) is 5.56 Å². The van der Waals surface area contributed by atoms with E-state index in [4.69, 9.17) is 4.74 Å². The zero-order valence-electron chi connectivity index (χ0n) is 20.4. The van der Waals surface area contributed by atoms with Gasteiger partial charge < -0.3 is 9.64 Å². The molecule has 0 fully saturated rings. The molecule has 0 spiro atoms. The van der Waals surface area contributed by atoms with E-state index >= 15 is 0 Å². The molecule has 0 N–H and O–H groups in total. The predicted octanol–water partition coefficient (Wildman–Crippen LogP) is 7.94. The molecular formula is C30H33N2OP. The fourth-order valence-corrected chi connectivity index (χ4v) is 3.12. The highest BCUT2D eigenvalue weighted by molar-refractivity contribution is 7.23. The number of aryl methyl sites for hydroxylation is 1. The van der Waals surface area contributed by atoms with Crippen LogP contribution in [0.15, 0.2) is 126 Å². The third-order valence-electron chi connectivity index (χ3n) is 4.90. The number of benzene rings is 3. The second-order valence-corrected chi connectivity index (χ2v) is 8.15. The molecule has 0 atom stereocenters. The average molecular weight is 469 g/mol. The summed E-state index contributed by atoms with van der Waals surface area (Å²) in [5.41, 5.74) is 4.24. The van der Waals surface area contributed by atoms with Gasteiger partial charge in [-0.2, -0.15) is 0 Å². The Morgan fingerprint density at radius 3 is 2.12 bits per heavy atom. The summed E-state index contributed by atoms with van der Waals surface area (Å²) >= 11 is 0. The van der Waals surface area contributed by atoms with Crippen molar-refractivity contribution < 1.29 is 4.74 Å². The van der Waals surface area contributed by atoms with Crippen molar-refractivity contribution in [3.8, 4) is 11.5 Å². The summed E-state index contributed by atoms with van der Waals surface area (Å²) in [7, 11) is 7.38. The lowest BCUT2D eigenvalue weighted by Gasteiger charge is -2.19. The quantitative estimate of drug-likeness (QED) is 0.190. The zero-order chi connectivity index (χ0) is 24.8. The monoisotopic (exact) mass is 468 g/mol. The van der Waals surface area contributed by atoms with Gasteiger partial charge >= 0.3 is 0 Å². The van der Waals surface area contributed by atoms with Gasteiger partial charge in [-0.15, -0.1) is 8.86 Å². The maximum atomic E-state index is 6.03. The lowest BCUT2D eigenvalue weighted by Crippen LogP contribution is -2.10. The van der Waals surface area contributed by atoms with Crippen LogP contribution in [-0.4, -0.2) is 25.6 Å². The van der Waals surface area contributed by atoms with Crippen LogP contribution in [0, 0.1) is 6.92 Å². The smallest absolute Gasteiger partial charge is 0.151 e. The lowest BCUT2D eigenvalue weighted by atomic mass is 10.1. The molecule has 3 rings (SSSR count). The molecule has 34 heavy (non-hydrogen) atoms. The summed E-state index contributed by atoms with van der Waals surface area (Å²) in [6.45, 7) is 8.21. The number of allylic oxidation sites excluding steroid dienone is 4. The van der Waals surface area contributed by atoms with E-state index < -0.39 is 0 Å². The first kappa shape index (κ1) is 26.6. The van der Waals surface area contributed by atoms with Crippen molar-refractivity contribution >= 4 is 26.1 Å². The van der Waals surface area contributed by atoms with Crippen molar-refractivity contribution in [2.75, 3.05) is 19.0 Å². The highest BCUT2D eigenvalue weighted by atomic mass is 31.0. The summed E-state index contributed by atoms with van der Waals surface area (Å²) in [5.74, 6) is 1.60. The van der Waals surface area contributed by atoms with Gasteiger partial charge in [-0.25, -0.2) is 0 Å². The fourth-order valence-electron chi connectivity index (χ4n) is 2.85. The number of para-hydroxylation sites is 3. The molecule has 0 aliphatic carbocycles. The van der Waals surface area contributed by atoms with Crippen LogP contribution in [0.2, 0.25) is 0 Å². The molecule has 0 heterocycles. The number of hydrogen-bond donors (Lipinski definition) is 0. The van der Waals surface area contributed by atoms with Crippen LogP contribution in [0.3, 0.4) is 0 Å². The zero-order valence-corrected chi connectivity index (χ0v) is 21.4. The molecule has 0 aliphatic rings. The van der Waals surface area contributed by atoms with Gasteiger partial charge in [0.1, 0.15) is 5.75 Å². The van der Waals surface area contributed by atoms with E-state index in [0.717, 1.165) is 33.6 Å². The van der Waals surface area contributed by atoms with Crippen LogP contribution in [0.25, 0.3) is 0 Å². The van der Waals surface area contributed by atoms with Crippen LogP contribution < -0.4 is 9.64 Å². The standard InChI is InChI=1S/C23H25N2OP.C7H8/c1-18(14-16-24-3)19(2)23(27)15-17-25(4)21-12-8-9-13-22(21)26-20-10-6-5-7-11-20;1-7-5-3-2-4-6-7/h5-17,27H,2H2,1,3-4H3;2-6H,1H3/b17-15-,18-14+,24-16?;. The molecule has 0 unspecified atom stereocenters. The van der Waals surface area contributed by atoms with Gasteiger partial charge in [0.2, 0.25) is 0 Å². The van der Waals surface area contributed by atoms with Crippen LogP contribution in [0.5, 0.6) is 11.5 Å². The lowest BCUT2D eigenvalue weighted by molar-refractivity contribution is 0.483. The molecule has 0 saturated carbocycles. The normalized spacial score (nSPS) is 11.1. The van der Waals surface area contributed by atoms with Crippen LogP contribution in [-0.2, 0) is 0 Å². The predicted molar refractivity (Wildman–Crippen MR) is 152 cm³/mol. The van der Waals surface area contributed by atoms with Crippen molar-refractivity contribution in [2.24, 2.45) is 4.99 Å². The minimum atomic E-state index is 0.792. The minimum Gasteiger partial charge on any atom is -0.455 e. The number of rotatable bonds is 8. The van der Waals surface area contributed by atoms with Crippen molar-refractivity contribution in [1.82, 2.24) is 0 Å². The number of anilines is 1. The number of aliphatic imine (C=N–C) groups is 1. The van der Waals surface area contributed by atoms with Gasteiger partial charge in [-0.3, -0.25) is 4.99 Å². The Morgan fingerprint density at radius 1 is 0.941 bits per heavy atom. The van der Waals surface area contributed by atoms with Crippen molar-refractivity contribution in [3.63, 3.8) is 0 Å². The highest BCUT2D eigenvalue weighted by Gasteiger charge is 2.08. The topological polar surface area (TPSA) is 24.8 Å². The molecule has 0 radical (unpaired) electrons. The first-order chi connectivity index (χ1) is 16.4. The average Bonchev–Trinajstić information content (AvgIpc) is 2.87.